The van der Waals surface area contributed by atoms with Crippen molar-refractivity contribution in [2.75, 3.05) is 0 Å². The van der Waals surface area contributed by atoms with Gasteiger partial charge in [-0.2, -0.15) is 0 Å². The fraction of sp³-hybridized carbons (Fsp3) is 1.00. The molecule has 0 amide bonds. The van der Waals surface area contributed by atoms with Crippen molar-refractivity contribution >= 4 is 13.3 Å². The average Bonchev–Trinajstić information content (AvgIpc) is 2.33. The van der Waals surface area contributed by atoms with E-state index in [1.165, 1.54) is 0 Å². The van der Waals surface area contributed by atoms with Gasteiger partial charge < -0.3 is 0 Å². The van der Waals surface area contributed by atoms with Gasteiger partial charge in [0.2, 0.25) is 0 Å². The zero-order valence-electron chi connectivity index (χ0n) is 11.7. The molecule has 0 aliphatic carbocycles. The summed E-state index contributed by atoms with van der Waals surface area (Å²) in [4.78, 5) is 0. The fourth-order valence-corrected chi connectivity index (χ4v) is 37.6. The minimum absolute atomic E-state index is 0.792. The first-order valence-electron chi connectivity index (χ1n) is 6.77. The van der Waals surface area contributed by atoms with E-state index >= 15 is 0 Å². The predicted molar refractivity (Wildman–Crippen MR) is 74.4 cm³/mol. The van der Waals surface area contributed by atoms with Crippen molar-refractivity contribution in [3.8, 4) is 0 Å². The van der Waals surface area contributed by atoms with Gasteiger partial charge >= 0.3 is 105 Å². The molecule has 0 rings (SSSR count). The quantitative estimate of drug-likeness (QED) is 0.545. The molecule has 15 heavy (non-hydrogen) atoms. The van der Waals surface area contributed by atoms with E-state index in [0.717, 1.165) is 13.9 Å². The van der Waals surface area contributed by atoms with Crippen LogP contribution in [0.5, 0.6) is 0 Å². The van der Waals surface area contributed by atoms with Crippen molar-refractivity contribution < 1.29 is 13.9 Å². The molecule has 0 bridgehead atoms. The van der Waals surface area contributed by atoms with Gasteiger partial charge in [-0.1, -0.05) is 0 Å². The van der Waals surface area contributed by atoms with Crippen molar-refractivity contribution in [2.24, 2.45) is 0 Å². The monoisotopic (exact) mass is 282 g/mol. The van der Waals surface area contributed by atoms with E-state index in [4.69, 9.17) is 0 Å². The molecule has 0 heterocycles. The number of hydrogen-bond donors (Lipinski definition) is 0. The van der Waals surface area contributed by atoms with E-state index in [1.54, 1.807) is 36.3 Å². The molecule has 0 aromatic heterocycles. The summed E-state index contributed by atoms with van der Waals surface area (Å²) >= 11 is 1.08. The van der Waals surface area contributed by atoms with Crippen molar-refractivity contribution in [3.05, 3.63) is 0 Å². The Labute approximate surface area is 105 Å². The van der Waals surface area contributed by atoms with Crippen LogP contribution in [0.15, 0.2) is 0 Å². The summed E-state index contributed by atoms with van der Waals surface area (Å²) in [7, 11) is 0. The summed E-state index contributed by atoms with van der Waals surface area (Å²) < 4.78 is 0. The molecule has 3 heteroatoms. The molecule has 0 aromatic carbocycles. The normalized spacial score (nSPS) is 13.2. The molecule has 0 saturated carbocycles. The van der Waals surface area contributed by atoms with Crippen LogP contribution in [0.25, 0.3) is 0 Å². The second-order valence-electron chi connectivity index (χ2n) is 4.59. The molecule has 0 aliphatic heterocycles. The zero-order chi connectivity index (χ0) is 11.9. The molecule has 0 aromatic rings. The molecule has 0 N–H and O–H groups in total. The summed E-state index contributed by atoms with van der Waals surface area (Å²) in [5, 5.41) is 0. The first kappa shape index (κ1) is 16.0. The Kier molecular flexibility index (Phi) is 7.79. The van der Waals surface area contributed by atoms with Crippen LogP contribution in [-0.4, -0.2) is 13.3 Å². The summed E-state index contributed by atoms with van der Waals surface area (Å²) in [5.74, 6) is 0. The molecule has 0 unspecified atom stereocenters. The second-order valence-corrected chi connectivity index (χ2v) is 25.4. The summed E-state index contributed by atoms with van der Waals surface area (Å²) in [5.41, 5.74) is 0. The van der Waals surface area contributed by atoms with Gasteiger partial charge in [0.1, 0.15) is 0 Å². The van der Waals surface area contributed by atoms with Crippen molar-refractivity contribution in [2.45, 2.75) is 77.8 Å². The summed E-state index contributed by atoms with van der Waals surface area (Å²) in [6.07, 6.45) is 0. The van der Waals surface area contributed by atoms with E-state index in [0.29, 0.717) is 0 Å². The third-order valence-corrected chi connectivity index (χ3v) is 35.8. The maximum atomic E-state index is 2.47. The topological polar surface area (TPSA) is 0 Å². The van der Waals surface area contributed by atoms with Crippen LogP contribution in [0.1, 0.15) is 41.5 Å². The summed E-state index contributed by atoms with van der Waals surface area (Å²) in [6, 6.07) is 9.30. The Hall–Kier alpha value is 0.966. The van der Waals surface area contributed by atoms with Gasteiger partial charge in [-0.3, -0.25) is 0 Å². The van der Waals surface area contributed by atoms with Crippen LogP contribution < -0.4 is 0 Å². The SMILES string of the molecule is CC[Si](CC)(CC)[Cr][Si](CC)(CC)CC. The maximum absolute atomic E-state index is 2.47. The Morgan fingerprint density at radius 3 is 0.867 bits per heavy atom. The third-order valence-electron chi connectivity index (χ3n) is 4.30. The zero-order valence-corrected chi connectivity index (χ0v) is 14.9. The molecule has 0 atom stereocenters. The van der Waals surface area contributed by atoms with Crippen LogP contribution >= 0.6 is 0 Å². The van der Waals surface area contributed by atoms with Crippen molar-refractivity contribution in [1.29, 1.82) is 0 Å². The minimum atomic E-state index is -0.792. The molecule has 0 radical (unpaired) electrons. The Balaban J connectivity index is 4.74. The van der Waals surface area contributed by atoms with E-state index in [2.05, 4.69) is 41.5 Å². The molecular weight excluding hydrogens is 252 g/mol. The van der Waals surface area contributed by atoms with E-state index < -0.39 is 13.3 Å². The predicted octanol–water partition coefficient (Wildman–Crippen LogP) is 5.08. The Morgan fingerprint density at radius 2 is 0.733 bits per heavy atom. The first-order chi connectivity index (χ1) is 7.07. The van der Waals surface area contributed by atoms with Gasteiger partial charge in [0, 0.05) is 0 Å². The standard InChI is InChI=1S/2C6H15Si.Cr/c2*1-4-7(5-2)6-3;/h2*4-6H2,1-3H3;. The van der Waals surface area contributed by atoms with E-state index in [9.17, 15) is 0 Å². The molecule has 0 aliphatic rings. The van der Waals surface area contributed by atoms with Gasteiger partial charge in [-0.05, 0) is 0 Å². The third kappa shape index (κ3) is 4.04. The van der Waals surface area contributed by atoms with Crippen molar-refractivity contribution in [3.63, 3.8) is 0 Å². The van der Waals surface area contributed by atoms with E-state index in [-0.39, 0.29) is 0 Å². The molecule has 0 spiro atoms. The van der Waals surface area contributed by atoms with Crippen LogP contribution in [-0.2, 0) is 13.9 Å². The van der Waals surface area contributed by atoms with Gasteiger partial charge in [0.15, 0.2) is 0 Å². The van der Waals surface area contributed by atoms with Crippen molar-refractivity contribution in [1.82, 2.24) is 0 Å². The van der Waals surface area contributed by atoms with Gasteiger partial charge in [-0.15, -0.1) is 0 Å². The molecule has 92 valence electrons. The van der Waals surface area contributed by atoms with Gasteiger partial charge in [-0.25, -0.2) is 0 Å². The van der Waals surface area contributed by atoms with Crippen LogP contribution in [0.4, 0.5) is 0 Å². The fourth-order valence-electron chi connectivity index (χ4n) is 2.39. The second kappa shape index (κ2) is 7.32. The molecule has 0 saturated heterocycles. The number of hydrogen-bond acceptors (Lipinski definition) is 0. The van der Waals surface area contributed by atoms with Gasteiger partial charge in [0.05, 0.1) is 0 Å². The van der Waals surface area contributed by atoms with Crippen LogP contribution in [0, 0.1) is 0 Å². The van der Waals surface area contributed by atoms with Crippen LogP contribution in [0.3, 0.4) is 0 Å². The average molecular weight is 283 g/mol. The molecule has 0 fully saturated rings. The Morgan fingerprint density at radius 1 is 0.533 bits per heavy atom. The summed E-state index contributed by atoms with van der Waals surface area (Å²) in [6.45, 7) is 13.3. The number of rotatable bonds is 8. The first-order valence-corrected chi connectivity index (χ1v) is 15.7. The Bertz CT molecular complexity index is 128. The molecule has 0 nitrogen and oxygen atoms in total. The molecular formula is C12H30CrSi2. The van der Waals surface area contributed by atoms with E-state index in [1.807, 2.05) is 0 Å². The van der Waals surface area contributed by atoms with Crippen LogP contribution in [0.2, 0.25) is 36.3 Å². The van der Waals surface area contributed by atoms with Gasteiger partial charge in [0.25, 0.3) is 0 Å².